The summed E-state index contributed by atoms with van der Waals surface area (Å²) < 4.78 is 31.7. The average Bonchev–Trinajstić information content (AvgIpc) is 2.35. The first-order valence-corrected chi connectivity index (χ1v) is 5.51. The van der Waals surface area contributed by atoms with Crippen LogP contribution >= 0.6 is 0 Å². The number of ether oxygens (including phenoxy) is 1. The van der Waals surface area contributed by atoms with Gasteiger partial charge < -0.3 is 10.1 Å². The highest BCUT2D eigenvalue weighted by Gasteiger charge is 2.23. The van der Waals surface area contributed by atoms with Crippen LogP contribution < -0.4 is 5.32 Å². The van der Waals surface area contributed by atoms with E-state index in [4.69, 9.17) is 4.74 Å². The van der Waals surface area contributed by atoms with Crippen molar-refractivity contribution >= 4 is 11.6 Å². The fourth-order valence-electron chi connectivity index (χ4n) is 1.80. The van der Waals surface area contributed by atoms with Gasteiger partial charge in [0.2, 0.25) is 5.91 Å². The number of rotatable bonds is 2. The van der Waals surface area contributed by atoms with Gasteiger partial charge in [0, 0.05) is 19.1 Å². The zero-order valence-corrected chi connectivity index (χ0v) is 9.21. The van der Waals surface area contributed by atoms with Gasteiger partial charge in [-0.15, -0.1) is 0 Å². The van der Waals surface area contributed by atoms with Crippen molar-refractivity contribution in [2.75, 3.05) is 18.5 Å². The Hall–Kier alpha value is -1.49. The Kier molecular flexibility index (Phi) is 3.68. The van der Waals surface area contributed by atoms with Gasteiger partial charge in [0.05, 0.1) is 0 Å². The second-order valence-electron chi connectivity index (χ2n) is 3.97. The van der Waals surface area contributed by atoms with E-state index in [9.17, 15) is 13.6 Å². The fraction of sp³-hybridized carbons (Fsp3) is 0.417. The molecule has 1 aromatic rings. The Bertz CT molecular complexity index is 397. The van der Waals surface area contributed by atoms with Gasteiger partial charge in [0.15, 0.2) is 0 Å². The molecule has 0 saturated carbocycles. The molecule has 3 nitrogen and oxygen atoms in total. The summed E-state index contributed by atoms with van der Waals surface area (Å²) in [5, 5.41) is 2.30. The van der Waals surface area contributed by atoms with Gasteiger partial charge in [-0.05, 0) is 25.0 Å². The van der Waals surface area contributed by atoms with Crippen molar-refractivity contribution in [2.45, 2.75) is 12.8 Å². The highest BCUT2D eigenvalue weighted by atomic mass is 19.1. The van der Waals surface area contributed by atoms with Crippen LogP contribution in [-0.4, -0.2) is 19.1 Å². The van der Waals surface area contributed by atoms with Gasteiger partial charge in [-0.3, -0.25) is 4.79 Å². The third-order valence-electron chi connectivity index (χ3n) is 2.80. The Morgan fingerprint density at radius 1 is 1.24 bits per heavy atom. The number of carbonyl (C=O) groups excluding carboxylic acids is 1. The van der Waals surface area contributed by atoms with Gasteiger partial charge in [-0.25, -0.2) is 8.78 Å². The SMILES string of the molecule is O=C(Nc1c(F)cccc1F)C1CCOCC1. The van der Waals surface area contributed by atoms with Crippen molar-refractivity contribution in [3.05, 3.63) is 29.8 Å². The number of amides is 1. The van der Waals surface area contributed by atoms with Crippen LogP contribution in [0.15, 0.2) is 18.2 Å². The molecule has 0 aliphatic carbocycles. The maximum atomic E-state index is 13.3. The molecule has 0 bridgehead atoms. The molecule has 92 valence electrons. The van der Waals surface area contributed by atoms with Gasteiger partial charge in [0.25, 0.3) is 0 Å². The highest BCUT2D eigenvalue weighted by molar-refractivity contribution is 5.92. The van der Waals surface area contributed by atoms with E-state index in [2.05, 4.69) is 5.32 Å². The van der Waals surface area contributed by atoms with Crippen molar-refractivity contribution in [3.8, 4) is 0 Å². The Morgan fingerprint density at radius 2 is 1.82 bits per heavy atom. The van der Waals surface area contributed by atoms with Crippen LogP contribution in [0, 0.1) is 17.6 Å². The summed E-state index contributed by atoms with van der Waals surface area (Å²) in [7, 11) is 0. The van der Waals surface area contributed by atoms with Crippen LogP contribution in [0.1, 0.15) is 12.8 Å². The predicted octanol–water partition coefficient (Wildman–Crippen LogP) is 2.33. The average molecular weight is 241 g/mol. The molecule has 1 heterocycles. The summed E-state index contributed by atoms with van der Waals surface area (Å²) in [6.07, 6.45) is 1.17. The minimum absolute atomic E-state index is 0.234. The molecule has 0 unspecified atom stereocenters. The van der Waals surface area contributed by atoms with E-state index in [1.54, 1.807) is 0 Å². The molecule has 1 saturated heterocycles. The van der Waals surface area contributed by atoms with Crippen molar-refractivity contribution in [1.29, 1.82) is 0 Å². The number of carbonyl (C=O) groups is 1. The first-order valence-electron chi connectivity index (χ1n) is 5.51. The van der Waals surface area contributed by atoms with E-state index in [0.717, 1.165) is 12.1 Å². The summed E-state index contributed by atoms with van der Waals surface area (Å²) in [4.78, 5) is 11.8. The Balaban J connectivity index is 2.07. The molecule has 1 amide bonds. The van der Waals surface area contributed by atoms with Crippen LogP contribution in [0.4, 0.5) is 14.5 Å². The molecule has 0 atom stereocenters. The number of benzene rings is 1. The summed E-state index contributed by atoms with van der Waals surface area (Å²) in [5.41, 5.74) is -0.371. The van der Waals surface area contributed by atoms with Gasteiger partial charge in [0.1, 0.15) is 17.3 Å². The van der Waals surface area contributed by atoms with Gasteiger partial charge in [-0.1, -0.05) is 6.07 Å². The molecule has 1 fully saturated rings. The number of para-hydroxylation sites is 1. The van der Waals surface area contributed by atoms with E-state index in [1.165, 1.54) is 6.07 Å². The van der Waals surface area contributed by atoms with E-state index >= 15 is 0 Å². The van der Waals surface area contributed by atoms with Crippen molar-refractivity contribution in [2.24, 2.45) is 5.92 Å². The third-order valence-corrected chi connectivity index (χ3v) is 2.80. The lowest BCUT2D eigenvalue weighted by Gasteiger charge is -2.21. The minimum Gasteiger partial charge on any atom is -0.381 e. The number of anilines is 1. The lowest BCUT2D eigenvalue weighted by atomic mass is 9.99. The molecular weight excluding hydrogens is 228 g/mol. The molecule has 5 heteroatoms. The molecule has 1 aromatic carbocycles. The second-order valence-corrected chi connectivity index (χ2v) is 3.97. The second kappa shape index (κ2) is 5.23. The van der Waals surface area contributed by atoms with E-state index < -0.39 is 11.6 Å². The summed E-state index contributed by atoms with van der Waals surface area (Å²) >= 11 is 0. The zero-order valence-electron chi connectivity index (χ0n) is 9.21. The molecule has 1 N–H and O–H groups in total. The number of hydrogen-bond donors (Lipinski definition) is 1. The lowest BCUT2D eigenvalue weighted by molar-refractivity contribution is -0.122. The molecule has 1 aliphatic rings. The van der Waals surface area contributed by atoms with Crippen molar-refractivity contribution in [1.82, 2.24) is 0 Å². The van der Waals surface area contributed by atoms with Crippen LogP contribution in [0.3, 0.4) is 0 Å². The maximum absolute atomic E-state index is 13.3. The molecule has 0 aromatic heterocycles. The highest BCUT2D eigenvalue weighted by Crippen LogP contribution is 2.21. The fourth-order valence-corrected chi connectivity index (χ4v) is 1.80. The summed E-state index contributed by atoms with van der Waals surface area (Å²) in [6, 6.07) is 3.49. The Morgan fingerprint density at radius 3 is 2.41 bits per heavy atom. The quantitative estimate of drug-likeness (QED) is 0.863. The lowest BCUT2D eigenvalue weighted by Crippen LogP contribution is -2.29. The molecule has 17 heavy (non-hydrogen) atoms. The molecule has 2 rings (SSSR count). The van der Waals surface area contributed by atoms with Crippen molar-refractivity contribution in [3.63, 3.8) is 0 Å². The van der Waals surface area contributed by atoms with E-state index in [1.807, 2.05) is 0 Å². The monoisotopic (exact) mass is 241 g/mol. The minimum atomic E-state index is -0.759. The molecular formula is C12H13F2NO2. The molecule has 1 aliphatic heterocycles. The van der Waals surface area contributed by atoms with Crippen LogP contribution in [0.25, 0.3) is 0 Å². The summed E-state index contributed by atoms with van der Waals surface area (Å²) in [6.45, 7) is 1.02. The normalized spacial score (nSPS) is 16.8. The van der Waals surface area contributed by atoms with Gasteiger partial charge in [-0.2, -0.15) is 0 Å². The number of halogens is 2. The third kappa shape index (κ3) is 2.79. The molecule has 0 spiro atoms. The topological polar surface area (TPSA) is 38.3 Å². The zero-order chi connectivity index (χ0) is 12.3. The number of hydrogen-bond acceptors (Lipinski definition) is 2. The first kappa shape index (κ1) is 12.0. The molecule has 0 radical (unpaired) electrons. The maximum Gasteiger partial charge on any atom is 0.227 e. The van der Waals surface area contributed by atoms with Crippen LogP contribution in [-0.2, 0) is 9.53 Å². The number of nitrogens with one attached hydrogen (secondary N) is 1. The smallest absolute Gasteiger partial charge is 0.227 e. The summed E-state index contributed by atoms with van der Waals surface area (Å²) in [5.74, 6) is -2.10. The van der Waals surface area contributed by atoms with Gasteiger partial charge >= 0.3 is 0 Å². The van der Waals surface area contributed by atoms with Crippen molar-refractivity contribution < 1.29 is 18.3 Å². The predicted molar refractivity (Wildman–Crippen MR) is 58.5 cm³/mol. The first-order chi connectivity index (χ1) is 8.18. The Labute approximate surface area is 97.8 Å². The largest absolute Gasteiger partial charge is 0.381 e. The van der Waals surface area contributed by atoms with Crippen LogP contribution in [0.5, 0.6) is 0 Å². The van der Waals surface area contributed by atoms with E-state index in [0.29, 0.717) is 26.1 Å². The van der Waals surface area contributed by atoms with Crippen LogP contribution in [0.2, 0.25) is 0 Å². The van der Waals surface area contributed by atoms with E-state index in [-0.39, 0.29) is 17.5 Å². The standard InChI is InChI=1S/C12H13F2NO2/c13-9-2-1-3-10(14)11(9)15-12(16)8-4-6-17-7-5-8/h1-3,8H,4-7H2,(H,15,16).